The van der Waals surface area contributed by atoms with Gasteiger partial charge in [-0.1, -0.05) is 36.4 Å². The number of benzene rings is 2. The van der Waals surface area contributed by atoms with Crippen molar-refractivity contribution in [3.05, 3.63) is 65.9 Å². The molecule has 3 heteroatoms. The summed E-state index contributed by atoms with van der Waals surface area (Å²) >= 11 is 0. The van der Waals surface area contributed by atoms with Gasteiger partial charge in [-0.2, -0.15) is 0 Å². The molecule has 21 heavy (non-hydrogen) atoms. The molecule has 0 aliphatic heterocycles. The van der Waals surface area contributed by atoms with Crippen LogP contribution in [0.5, 0.6) is 5.75 Å². The van der Waals surface area contributed by atoms with E-state index in [1.54, 1.807) is 7.11 Å². The third-order valence-corrected chi connectivity index (χ3v) is 3.88. The maximum atomic E-state index is 5.43. The molecule has 2 N–H and O–H groups in total. The first-order chi connectivity index (χ1) is 10.3. The minimum Gasteiger partial charge on any atom is -0.496 e. The zero-order valence-electron chi connectivity index (χ0n) is 12.4. The van der Waals surface area contributed by atoms with E-state index in [-0.39, 0.29) is 6.04 Å². The van der Waals surface area contributed by atoms with Crippen molar-refractivity contribution >= 4 is 10.9 Å². The number of hydrogen-bond acceptors (Lipinski definition) is 2. The number of H-pyrrole nitrogens is 1. The largest absolute Gasteiger partial charge is 0.496 e. The van der Waals surface area contributed by atoms with Gasteiger partial charge in [-0.3, -0.25) is 0 Å². The van der Waals surface area contributed by atoms with Gasteiger partial charge in [0.1, 0.15) is 5.75 Å². The Labute approximate surface area is 125 Å². The van der Waals surface area contributed by atoms with Crippen molar-refractivity contribution in [3.8, 4) is 5.75 Å². The number of fused-ring (bicyclic) bond motifs is 1. The Hall–Kier alpha value is -2.26. The monoisotopic (exact) mass is 280 g/mol. The first-order valence-corrected chi connectivity index (χ1v) is 7.21. The molecular weight excluding hydrogens is 260 g/mol. The lowest BCUT2D eigenvalue weighted by Gasteiger charge is -2.17. The van der Waals surface area contributed by atoms with Crippen LogP contribution in [0.25, 0.3) is 10.9 Å². The van der Waals surface area contributed by atoms with Crippen molar-refractivity contribution in [1.82, 2.24) is 10.3 Å². The third kappa shape index (κ3) is 2.78. The van der Waals surface area contributed by atoms with Gasteiger partial charge in [-0.05, 0) is 24.6 Å². The van der Waals surface area contributed by atoms with E-state index in [4.69, 9.17) is 4.74 Å². The van der Waals surface area contributed by atoms with Gasteiger partial charge in [-0.25, -0.2) is 0 Å². The van der Waals surface area contributed by atoms with Crippen molar-refractivity contribution in [2.45, 2.75) is 19.5 Å². The molecule has 0 saturated heterocycles. The lowest BCUT2D eigenvalue weighted by molar-refractivity contribution is 0.401. The minimum absolute atomic E-state index is 0.231. The highest BCUT2D eigenvalue weighted by molar-refractivity contribution is 5.82. The maximum absolute atomic E-state index is 5.43. The normalized spacial score (nSPS) is 12.5. The Morgan fingerprint density at radius 1 is 1.10 bits per heavy atom. The summed E-state index contributed by atoms with van der Waals surface area (Å²) in [5.41, 5.74) is 3.64. The predicted octanol–water partition coefficient (Wildman–Crippen LogP) is 4.03. The van der Waals surface area contributed by atoms with Crippen LogP contribution in [0.15, 0.2) is 54.7 Å². The molecule has 3 aromatic rings. The molecule has 3 rings (SSSR count). The van der Waals surface area contributed by atoms with Crippen molar-refractivity contribution in [1.29, 1.82) is 0 Å². The van der Waals surface area contributed by atoms with Gasteiger partial charge in [0.15, 0.2) is 0 Å². The van der Waals surface area contributed by atoms with Gasteiger partial charge >= 0.3 is 0 Å². The van der Waals surface area contributed by atoms with Gasteiger partial charge in [-0.15, -0.1) is 0 Å². The summed E-state index contributed by atoms with van der Waals surface area (Å²) in [7, 11) is 1.71. The summed E-state index contributed by atoms with van der Waals surface area (Å²) in [6, 6.07) is 16.7. The maximum Gasteiger partial charge on any atom is 0.123 e. The zero-order valence-corrected chi connectivity index (χ0v) is 12.4. The van der Waals surface area contributed by atoms with E-state index < -0.39 is 0 Å². The fourth-order valence-corrected chi connectivity index (χ4v) is 2.68. The van der Waals surface area contributed by atoms with Crippen LogP contribution in [0, 0.1) is 0 Å². The third-order valence-electron chi connectivity index (χ3n) is 3.88. The van der Waals surface area contributed by atoms with E-state index in [1.165, 1.54) is 22.0 Å². The summed E-state index contributed by atoms with van der Waals surface area (Å²) in [4.78, 5) is 3.31. The molecule has 0 aliphatic carbocycles. The van der Waals surface area contributed by atoms with Crippen LogP contribution in [0.2, 0.25) is 0 Å². The second-order valence-corrected chi connectivity index (χ2v) is 5.20. The number of methoxy groups -OCH3 is 1. The van der Waals surface area contributed by atoms with E-state index in [9.17, 15) is 0 Å². The van der Waals surface area contributed by atoms with E-state index in [0.717, 1.165) is 12.3 Å². The second kappa shape index (κ2) is 6.02. The van der Waals surface area contributed by atoms with Crippen LogP contribution in [0.3, 0.4) is 0 Å². The zero-order chi connectivity index (χ0) is 14.7. The molecule has 0 aliphatic rings. The van der Waals surface area contributed by atoms with Crippen molar-refractivity contribution in [2.24, 2.45) is 0 Å². The Morgan fingerprint density at radius 3 is 2.71 bits per heavy atom. The van der Waals surface area contributed by atoms with Crippen molar-refractivity contribution < 1.29 is 4.74 Å². The summed E-state index contributed by atoms with van der Waals surface area (Å²) in [6.45, 7) is 2.98. The smallest absolute Gasteiger partial charge is 0.123 e. The Bertz CT molecular complexity index is 733. The topological polar surface area (TPSA) is 37.0 Å². The van der Waals surface area contributed by atoms with E-state index in [2.05, 4.69) is 47.7 Å². The summed E-state index contributed by atoms with van der Waals surface area (Å²) < 4.78 is 5.43. The standard InChI is InChI=1S/C18H20N2O/c1-13(15-7-4-6-10-18(15)21-2)19-11-14-12-20-17-9-5-3-8-16(14)17/h3-10,12-13,19-20H,11H2,1-2H3/t13-/m1/s1. The van der Waals surface area contributed by atoms with E-state index >= 15 is 0 Å². The molecule has 1 atom stereocenters. The highest BCUT2D eigenvalue weighted by Crippen LogP contribution is 2.25. The second-order valence-electron chi connectivity index (χ2n) is 5.20. The molecule has 0 amide bonds. The number of ether oxygens (including phenoxy) is 1. The molecule has 0 spiro atoms. The minimum atomic E-state index is 0.231. The Morgan fingerprint density at radius 2 is 1.86 bits per heavy atom. The van der Waals surface area contributed by atoms with E-state index in [1.807, 2.05) is 24.3 Å². The predicted molar refractivity (Wildman–Crippen MR) is 86.5 cm³/mol. The molecule has 3 nitrogen and oxygen atoms in total. The average molecular weight is 280 g/mol. The van der Waals surface area contributed by atoms with Crippen LogP contribution >= 0.6 is 0 Å². The molecule has 108 valence electrons. The number of nitrogens with one attached hydrogen (secondary N) is 2. The van der Waals surface area contributed by atoms with Crippen LogP contribution in [0.4, 0.5) is 0 Å². The number of para-hydroxylation sites is 2. The number of aromatic nitrogens is 1. The average Bonchev–Trinajstić information content (AvgIpc) is 2.96. The molecule has 1 aromatic heterocycles. The highest BCUT2D eigenvalue weighted by Gasteiger charge is 2.11. The van der Waals surface area contributed by atoms with Crippen LogP contribution in [-0.2, 0) is 6.54 Å². The molecule has 2 aromatic carbocycles. The first kappa shape index (κ1) is 13.7. The molecule has 0 radical (unpaired) electrons. The van der Waals surface area contributed by atoms with Gasteiger partial charge in [0, 0.05) is 35.2 Å². The molecule has 0 saturated carbocycles. The first-order valence-electron chi connectivity index (χ1n) is 7.21. The van der Waals surface area contributed by atoms with Crippen molar-refractivity contribution in [3.63, 3.8) is 0 Å². The van der Waals surface area contributed by atoms with Crippen molar-refractivity contribution in [2.75, 3.05) is 7.11 Å². The van der Waals surface area contributed by atoms with Gasteiger partial charge in [0.05, 0.1) is 7.11 Å². The fraction of sp³-hybridized carbons (Fsp3) is 0.222. The highest BCUT2D eigenvalue weighted by atomic mass is 16.5. The van der Waals surface area contributed by atoms with Gasteiger partial charge in [0.2, 0.25) is 0 Å². The van der Waals surface area contributed by atoms with E-state index in [0.29, 0.717) is 0 Å². The molecular formula is C18H20N2O. The quantitative estimate of drug-likeness (QED) is 0.740. The summed E-state index contributed by atoms with van der Waals surface area (Å²) in [5, 5.41) is 4.84. The molecule has 0 unspecified atom stereocenters. The SMILES string of the molecule is COc1ccccc1[C@@H](C)NCc1c[nH]c2ccccc12. The molecule has 0 fully saturated rings. The number of hydrogen-bond donors (Lipinski definition) is 2. The van der Waals surface area contributed by atoms with Crippen LogP contribution in [0.1, 0.15) is 24.1 Å². The molecule has 0 bridgehead atoms. The Balaban J connectivity index is 1.75. The van der Waals surface area contributed by atoms with Crippen LogP contribution in [-0.4, -0.2) is 12.1 Å². The lowest BCUT2D eigenvalue weighted by atomic mass is 10.1. The fourth-order valence-electron chi connectivity index (χ4n) is 2.68. The van der Waals surface area contributed by atoms with Crippen LogP contribution < -0.4 is 10.1 Å². The summed E-state index contributed by atoms with van der Waals surface area (Å²) in [6.07, 6.45) is 2.08. The number of rotatable bonds is 5. The Kier molecular flexibility index (Phi) is 3.93. The molecule has 1 heterocycles. The van der Waals surface area contributed by atoms with Gasteiger partial charge in [0.25, 0.3) is 0 Å². The summed E-state index contributed by atoms with van der Waals surface area (Å²) in [5.74, 6) is 0.927. The lowest BCUT2D eigenvalue weighted by Crippen LogP contribution is -2.18. The number of aromatic amines is 1. The van der Waals surface area contributed by atoms with Gasteiger partial charge < -0.3 is 15.0 Å².